The van der Waals surface area contributed by atoms with Gasteiger partial charge in [-0.15, -0.1) is 11.8 Å². The number of rotatable bonds is 5. The predicted octanol–water partition coefficient (Wildman–Crippen LogP) is 3.26. The van der Waals surface area contributed by atoms with Crippen molar-refractivity contribution in [1.82, 2.24) is 4.98 Å². The molecule has 2 aromatic rings. The van der Waals surface area contributed by atoms with E-state index in [1.165, 1.54) is 23.9 Å². The standard InChI is InChI=1S/C14H11FN2OS/c15-12-1-3-13(4-2-12)18-7-8-19-14-9-11(10-16)5-6-17-14/h1-6,9H,7-8H2. The first-order valence-electron chi connectivity index (χ1n) is 5.65. The highest BCUT2D eigenvalue weighted by atomic mass is 32.2. The van der Waals surface area contributed by atoms with Gasteiger partial charge in [0.25, 0.3) is 0 Å². The zero-order chi connectivity index (χ0) is 13.5. The van der Waals surface area contributed by atoms with Gasteiger partial charge in [-0.25, -0.2) is 9.37 Å². The van der Waals surface area contributed by atoms with Crippen molar-refractivity contribution in [3.63, 3.8) is 0 Å². The third-order valence-corrected chi connectivity index (χ3v) is 3.17. The second-order valence-corrected chi connectivity index (χ2v) is 4.76. The van der Waals surface area contributed by atoms with Crippen LogP contribution in [0, 0.1) is 17.1 Å². The highest BCUT2D eigenvalue weighted by Crippen LogP contribution is 2.17. The molecule has 0 fully saturated rings. The summed E-state index contributed by atoms with van der Waals surface area (Å²) in [6.07, 6.45) is 1.61. The van der Waals surface area contributed by atoms with Crippen LogP contribution in [-0.2, 0) is 0 Å². The van der Waals surface area contributed by atoms with Crippen molar-refractivity contribution >= 4 is 11.8 Å². The minimum Gasteiger partial charge on any atom is -0.493 e. The summed E-state index contributed by atoms with van der Waals surface area (Å²) in [7, 11) is 0. The van der Waals surface area contributed by atoms with Crippen molar-refractivity contribution in [3.8, 4) is 11.8 Å². The van der Waals surface area contributed by atoms with Crippen LogP contribution in [0.25, 0.3) is 0 Å². The Labute approximate surface area is 115 Å². The lowest BCUT2D eigenvalue weighted by atomic mass is 10.3. The quantitative estimate of drug-likeness (QED) is 0.620. The fourth-order valence-corrected chi connectivity index (χ4v) is 2.12. The first kappa shape index (κ1) is 13.4. The molecule has 0 spiro atoms. The van der Waals surface area contributed by atoms with Crippen molar-refractivity contribution < 1.29 is 9.13 Å². The number of thioether (sulfide) groups is 1. The smallest absolute Gasteiger partial charge is 0.123 e. The molecule has 0 amide bonds. The molecule has 5 heteroatoms. The van der Waals surface area contributed by atoms with Crippen LogP contribution in [0.3, 0.4) is 0 Å². The first-order chi connectivity index (χ1) is 9.28. The summed E-state index contributed by atoms with van der Waals surface area (Å²) in [5.74, 6) is 1.07. The second-order valence-electron chi connectivity index (χ2n) is 3.65. The monoisotopic (exact) mass is 274 g/mol. The minimum atomic E-state index is -0.278. The Kier molecular flexibility index (Phi) is 4.76. The minimum absolute atomic E-state index is 0.278. The van der Waals surface area contributed by atoms with Gasteiger partial charge >= 0.3 is 0 Å². The maximum Gasteiger partial charge on any atom is 0.123 e. The molecule has 96 valence electrons. The van der Waals surface area contributed by atoms with E-state index in [4.69, 9.17) is 10.00 Å². The van der Waals surface area contributed by atoms with Gasteiger partial charge in [0, 0.05) is 11.9 Å². The summed E-state index contributed by atoms with van der Waals surface area (Å²) in [5, 5.41) is 9.56. The number of hydrogen-bond donors (Lipinski definition) is 0. The van der Waals surface area contributed by atoms with Crippen LogP contribution in [-0.4, -0.2) is 17.3 Å². The summed E-state index contributed by atoms with van der Waals surface area (Å²) in [4.78, 5) is 4.15. The average Bonchev–Trinajstić information content (AvgIpc) is 2.46. The van der Waals surface area contributed by atoms with Crippen molar-refractivity contribution in [2.24, 2.45) is 0 Å². The van der Waals surface area contributed by atoms with E-state index in [9.17, 15) is 4.39 Å². The second kappa shape index (κ2) is 6.76. The van der Waals surface area contributed by atoms with E-state index in [0.29, 0.717) is 23.7 Å². The lowest BCUT2D eigenvalue weighted by Gasteiger charge is -2.05. The van der Waals surface area contributed by atoms with E-state index >= 15 is 0 Å². The van der Waals surface area contributed by atoms with Gasteiger partial charge in [0.15, 0.2) is 0 Å². The van der Waals surface area contributed by atoms with Gasteiger partial charge < -0.3 is 4.74 Å². The Morgan fingerprint density at radius 3 is 2.79 bits per heavy atom. The van der Waals surface area contributed by atoms with E-state index < -0.39 is 0 Å². The van der Waals surface area contributed by atoms with Crippen LogP contribution in [0.4, 0.5) is 4.39 Å². The molecule has 0 bridgehead atoms. The number of nitriles is 1. The average molecular weight is 274 g/mol. The summed E-state index contributed by atoms with van der Waals surface area (Å²) in [6.45, 7) is 0.495. The van der Waals surface area contributed by atoms with Gasteiger partial charge in [-0.3, -0.25) is 0 Å². The van der Waals surface area contributed by atoms with Gasteiger partial charge in [-0.05, 0) is 36.4 Å². The molecule has 0 unspecified atom stereocenters. The summed E-state index contributed by atoms with van der Waals surface area (Å²) < 4.78 is 18.1. The van der Waals surface area contributed by atoms with E-state index in [2.05, 4.69) is 11.1 Å². The van der Waals surface area contributed by atoms with Crippen LogP contribution in [0.5, 0.6) is 5.75 Å². The maximum absolute atomic E-state index is 12.7. The van der Waals surface area contributed by atoms with E-state index in [1.54, 1.807) is 30.5 Å². The van der Waals surface area contributed by atoms with Gasteiger partial charge in [0.2, 0.25) is 0 Å². The first-order valence-corrected chi connectivity index (χ1v) is 6.64. The van der Waals surface area contributed by atoms with Crippen LogP contribution in [0.15, 0.2) is 47.6 Å². The fraction of sp³-hybridized carbons (Fsp3) is 0.143. The molecule has 1 aromatic carbocycles. The van der Waals surface area contributed by atoms with Crippen molar-refractivity contribution in [2.45, 2.75) is 5.03 Å². The van der Waals surface area contributed by atoms with Crippen molar-refractivity contribution in [2.75, 3.05) is 12.4 Å². The molecule has 0 aliphatic rings. The number of pyridine rings is 1. The number of aromatic nitrogens is 1. The summed E-state index contributed by atoms with van der Waals surface area (Å²) in [5.41, 5.74) is 0.594. The molecular formula is C14H11FN2OS. The van der Waals surface area contributed by atoms with Crippen LogP contribution in [0.1, 0.15) is 5.56 Å². The maximum atomic E-state index is 12.7. The molecular weight excluding hydrogens is 263 g/mol. The summed E-state index contributed by atoms with van der Waals surface area (Å²) >= 11 is 1.51. The zero-order valence-corrected chi connectivity index (χ0v) is 10.9. The molecule has 0 radical (unpaired) electrons. The van der Waals surface area contributed by atoms with E-state index in [0.717, 1.165) is 5.03 Å². The van der Waals surface area contributed by atoms with Gasteiger partial charge in [0.05, 0.1) is 23.3 Å². The Morgan fingerprint density at radius 2 is 2.05 bits per heavy atom. The Hall–Kier alpha value is -2.06. The number of ether oxygens (including phenoxy) is 1. The largest absolute Gasteiger partial charge is 0.493 e. The number of halogens is 1. The fourth-order valence-electron chi connectivity index (χ4n) is 1.39. The molecule has 0 saturated heterocycles. The van der Waals surface area contributed by atoms with Gasteiger partial charge in [-0.2, -0.15) is 5.26 Å². The molecule has 3 nitrogen and oxygen atoms in total. The van der Waals surface area contributed by atoms with Gasteiger partial charge in [-0.1, -0.05) is 0 Å². The number of hydrogen-bond acceptors (Lipinski definition) is 4. The molecule has 2 rings (SSSR count). The lowest BCUT2D eigenvalue weighted by molar-refractivity contribution is 0.343. The molecule has 0 N–H and O–H groups in total. The normalized spacial score (nSPS) is 9.89. The molecule has 0 atom stereocenters. The van der Waals surface area contributed by atoms with E-state index in [1.807, 2.05) is 0 Å². The topological polar surface area (TPSA) is 45.9 Å². The van der Waals surface area contributed by atoms with Crippen LogP contribution < -0.4 is 4.74 Å². The predicted molar refractivity (Wildman–Crippen MR) is 71.6 cm³/mol. The Morgan fingerprint density at radius 1 is 1.26 bits per heavy atom. The third-order valence-electron chi connectivity index (χ3n) is 2.28. The Balaban J connectivity index is 1.77. The van der Waals surface area contributed by atoms with E-state index in [-0.39, 0.29) is 5.82 Å². The highest BCUT2D eigenvalue weighted by Gasteiger charge is 1.99. The van der Waals surface area contributed by atoms with Crippen molar-refractivity contribution in [3.05, 3.63) is 54.0 Å². The van der Waals surface area contributed by atoms with Crippen LogP contribution in [0.2, 0.25) is 0 Å². The molecule has 1 heterocycles. The summed E-state index contributed by atoms with van der Waals surface area (Å²) in [6, 6.07) is 11.4. The molecule has 0 aliphatic carbocycles. The molecule has 1 aromatic heterocycles. The lowest BCUT2D eigenvalue weighted by Crippen LogP contribution is -2.00. The Bertz CT molecular complexity index is 581. The van der Waals surface area contributed by atoms with Gasteiger partial charge in [0.1, 0.15) is 11.6 Å². The number of benzene rings is 1. The SMILES string of the molecule is N#Cc1ccnc(SCCOc2ccc(F)cc2)c1. The molecule has 0 saturated carbocycles. The zero-order valence-electron chi connectivity index (χ0n) is 10.0. The third kappa shape index (κ3) is 4.27. The highest BCUT2D eigenvalue weighted by molar-refractivity contribution is 7.99. The van der Waals surface area contributed by atoms with Crippen LogP contribution >= 0.6 is 11.8 Å². The molecule has 19 heavy (non-hydrogen) atoms. The van der Waals surface area contributed by atoms with Crippen molar-refractivity contribution in [1.29, 1.82) is 5.26 Å². The molecule has 0 aliphatic heterocycles. The number of nitrogens with zero attached hydrogens (tertiary/aromatic N) is 2.